The Morgan fingerprint density at radius 1 is 1.04 bits per heavy atom. The summed E-state index contributed by atoms with van der Waals surface area (Å²) in [6.45, 7) is 0.453. The molecule has 138 valence electrons. The SMILES string of the molecule is O=C(Cc1cc(C(F)(F)F)cc(C(F)(F)F)c1)CN1CCNC(=O)C1. The van der Waals surface area contributed by atoms with Crippen LogP contribution in [0.1, 0.15) is 16.7 Å². The Morgan fingerprint density at radius 3 is 2.08 bits per heavy atom. The van der Waals surface area contributed by atoms with Crippen LogP contribution in [0.25, 0.3) is 0 Å². The van der Waals surface area contributed by atoms with Gasteiger partial charge in [-0.3, -0.25) is 14.5 Å². The van der Waals surface area contributed by atoms with Gasteiger partial charge in [0.2, 0.25) is 5.91 Å². The largest absolute Gasteiger partial charge is 0.416 e. The predicted octanol–water partition coefficient (Wildman–Crippen LogP) is 2.27. The summed E-state index contributed by atoms with van der Waals surface area (Å²) in [5, 5.41) is 2.54. The highest BCUT2D eigenvalue weighted by Gasteiger charge is 2.37. The first-order chi connectivity index (χ1) is 11.4. The number of halogens is 6. The molecule has 0 aliphatic carbocycles. The zero-order valence-electron chi connectivity index (χ0n) is 12.8. The van der Waals surface area contributed by atoms with E-state index >= 15 is 0 Å². The van der Waals surface area contributed by atoms with Gasteiger partial charge in [0.1, 0.15) is 0 Å². The van der Waals surface area contributed by atoms with E-state index in [1.807, 2.05) is 0 Å². The van der Waals surface area contributed by atoms with E-state index in [9.17, 15) is 35.9 Å². The van der Waals surface area contributed by atoms with Gasteiger partial charge in [0.05, 0.1) is 24.2 Å². The highest BCUT2D eigenvalue weighted by Crippen LogP contribution is 2.36. The minimum atomic E-state index is -4.95. The molecule has 0 saturated carbocycles. The first kappa shape index (κ1) is 19.2. The van der Waals surface area contributed by atoms with E-state index in [4.69, 9.17) is 0 Å². The van der Waals surface area contributed by atoms with Gasteiger partial charge in [-0.05, 0) is 23.8 Å². The van der Waals surface area contributed by atoms with Crippen LogP contribution in [-0.2, 0) is 28.4 Å². The van der Waals surface area contributed by atoms with Crippen molar-refractivity contribution in [2.24, 2.45) is 0 Å². The van der Waals surface area contributed by atoms with Crippen molar-refractivity contribution in [1.82, 2.24) is 10.2 Å². The number of benzene rings is 1. The number of piperazine rings is 1. The van der Waals surface area contributed by atoms with Crippen LogP contribution in [0.2, 0.25) is 0 Å². The molecule has 0 radical (unpaired) electrons. The van der Waals surface area contributed by atoms with Gasteiger partial charge in [0.15, 0.2) is 5.78 Å². The second kappa shape index (κ2) is 7.03. The van der Waals surface area contributed by atoms with Gasteiger partial charge in [-0.1, -0.05) is 0 Å². The van der Waals surface area contributed by atoms with Gasteiger partial charge in [-0.15, -0.1) is 0 Å². The fourth-order valence-electron chi connectivity index (χ4n) is 2.48. The normalized spacial score (nSPS) is 16.6. The Kier molecular flexibility index (Phi) is 5.40. The van der Waals surface area contributed by atoms with Gasteiger partial charge in [-0.2, -0.15) is 26.3 Å². The molecule has 1 aromatic rings. The van der Waals surface area contributed by atoms with Gasteiger partial charge in [-0.25, -0.2) is 0 Å². The van der Waals surface area contributed by atoms with Crippen molar-refractivity contribution in [2.45, 2.75) is 18.8 Å². The number of hydrogen-bond donors (Lipinski definition) is 1. The zero-order chi connectivity index (χ0) is 18.8. The fourth-order valence-corrected chi connectivity index (χ4v) is 2.48. The van der Waals surface area contributed by atoms with Crippen molar-refractivity contribution in [3.8, 4) is 0 Å². The first-order valence-corrected chi connectivity index (χ1v) is 7.24. The van der Waals surface area contributed by atoms with E-state index in [1.165, 1.54) is 4.90 Å². The molecule has 0 atom stereocenters. The molecule has 0 spiro atoms. The first-order valence-electron chi connectivity index (χ1n) is 7.24. The van der Waals surface area contributed by atoms with E-state index in [0.717, 1.165) is 0 Å². The molecule has 0 bridgehead atoms. The third kappa shape index (κ3) is 5.45. The highest BCUT2D eigenvalue weighted by molar-refractivity contribution is 5.84. The average molecular weight is 368 g/mol. The van der Waals surface area contributed by atoms with Crippen LogP contribution in [0.5, 0.6) is 0 Å². The average Bonchev–Trinajstić information content (AvgIpc) is 2.44. The van der Waals surface area contributed by atoms with Crippen LogP contribution in [-0.4, -0.2) is 42.8 Å². The summed E-state index contributed by atoms with van der Waals surface area (Å²) < 4.78 is 76.7. The minimum Gasteiger partial charge on any atom is -0.354 e. The van der Waals surface area contributed by atoms with Crippen molar-refractivity contribution in [2.75, 3.05) is 26.2 Å². The Bertz CT molecular complexity index is 637. The van der Waals surface area contributed by atoms with Gasteiger partial charge in [0, 0.05) is 19.5 Å². The number of rotatable bonds is 4. The molecule has 10 heteroatoms. The molecule has 1 amide bonds. The number of hydrogen-bond acceptors (Lipinski definition) is 3. The summed E-state index contributed by atoms with van der Waals surface area (Å²) in [6, 6.07) is 1.09. The number of nitrogens with one attached hydrogen (secondary N) is 1. The molecule has 0 unspecified atom stereocenters. The molecule has 1 aliphatic rings. The Morgan fingerprint density at radius 2 is 1.60 bits per heavy atom. The molecule has 0 aromatic heterocycles. The van der Waals surface area contributed by atoms with Crippen molar-refractivity contribution in [1.29, 1.82) is 0 Å². The molecule has 1 N–H and O–H groups in total. The summed E-state index contributed by atoms with van der Waals surface area (Å²) in [5.41, 5.74) is -3.28. The van der Waals surface area contributed by atoms with Crippen LogP contribution in [0.3, 0.4) is 0 Å². The molecule has 1 aliphatic heterocycles. The molecule has 1 aromatic carbocycles. The third-order valence-corrected chi connectivity index (χ3v) is 3.57. The topological polar surface area (TPSA) is 49.4 Å². The molecular weight excluding hydrogens is 354 g/mol. The maximum Gasteiger partial charge on any atom is 0.416 e. The van der Waals surface area contributed by atoms with E-state index in [1.54, 1.807) is 0 Å². The minimum absolute atomic E-state index is 0.0168. The smallest absolute Gasteiger partial charge is 0.354 e. The molecule has 1 fully saturated rings. The fraction of sp³-hybridized carbons (Fsp3) is 0.467. The van der Waals surface area contributed by atoms with Gasteiger partial charge >= 0.3 is 12.4 Å². The molecular formula is C15H14F6N2O2. The lowest BCUT2D eigenvalue weighted by molar-refractivity contribution is -0.143. The van der Waals surface area contributed by atoms with E-state index < -0.39 is 35.7 Å². The van der Waals surface area contributed by atoms with E-state index in [2.05, 4.69) is 5.32 Å². The number of carbonyl (C=O) groups is 2. The second-order valence-corrected chi connectivity index (χ2v) is 5.69. The third-order valence-electron chi connectivity index (χ3n) is 3.57. The van der Waals surface area contributed by atoms with Gasteiger partial charge < -0.3 is 5.32 Å². The van der Waals surface area contributed by atoms with Crippen LogP contribution < -0.4 is 5.32 Å². The second-order valence-electron chi connectivity index (χ2n) is 5.69. The Labute approximate surface area is 138 Å². The number of nitrogens with zero attached hydrogens (tertiary/aromatic N) is 1. The molecule has 4 nitrogen and oxygen atoms in total. The standard InChI is InChI=1S/C15H14F6N2O2/c16-14(17,18)10-3-9(4-11(6-10)15(19,20)21)5-12(24)7-23-2-1-22-13(25)8-23/h3-4,6H,1-2,5,7-8H2,(H,22,25). The quantitative estimate of drug-likeness (QED) is 0.830. The Hall–Kier alpha value is -2.10. The monoisotopic (exact) mass is 368 g/mol. The van der Waals surface area contributed by atoms with Crippen molar-refractivity contribution in [3.63, 3.8) is 0 Å². The summed E-state index contributed by atoms with van der Waals surface area (Å²) in [6.07, 6.45) is -10.5. The summed E-state index contributed by atoms with van der Waals surface area (Å²) >= 11 is 0. The number of amides is 1. The lowest BCUT2D eigenvalue weighted by Gasteiger charge is -2.25. The number of Topliss-reactive ketones (excluding diaryl/α,β-unsaturated/α-hetero) is 1. The maximum atomic E-state index is 12.8. The maximum absolute atomic E-state index is 12.8. The van der Waals surface area contributed by atoms with Gasteiger partial charge in [0.25, 0.3) is 0 Å². The van der Waals surface area contributed by atoms with Crippen LogP contribution in [0, 0.1) is 0 Å². The summed E-state index contributed by atoms with van der Waals surface area (Å²) in [4.78, 5) is 24.7. The molecule has 2 rings (SSSR count). The lowest BCUT2D eigenvalue weighted by atomic mass is 10.0. The van der Waals surface area contributed by atoms with Crippen LogP contribution in [0.15, 0.2) is 18.2 Å². The molecule has 1 saturated heterocycles. The van der Waals surface area contributed by atoms with Crippen molar-refractivity contribution < 1.29 is 35.9 Å². The molecule has 1 heterocycles. The lowest BCUT2D eigenvalue weighted by Crippen LogP contribution is -2.49. The predicted molar refractivity (Wildman–Crippen MR) is 74.6 cm³/mol. The summed E-state index contributed by atoms with van der Waals surface area (Å²) in [5.74, 6) is -0.861. The van der Waals surface area contributed by atoms with E-state index in [0.29, 0.717) is 25.2 Å². The number of carbonyl (C=O) groups excluding carboxylic acids is 2. The number of alkyl halides is 6. The zero-order valence-corrected chi connectivity index (χ0v) is 12.8. The number of ketones is 1. The molecule has 25 heavy (non-hydrogen) atoms. The van der Waals surface area contributed by atoms with Crippen LogP contribution >= 0.6 is 0 Å². The Balaban J connectivity index is 2.17. The highest BCUT2D eigenvalue weighted by atomic mass is 19.4. The van der Waals surface area contributed by atoms with Crippen LogP contribution in [0.4, 0.5) is 26.3 Å². The van der Waals surface area contributed by atoms with E-state index in [-0.39, 0.29) is 30.6 Å². The van der Waals surface area contributed by atoms with Crippen molar-refractivity contribution >= 4 is 11.7 Å². The van der Waals surface area contributed by atoms with Crippen molar-refractivity contribution in [3.05, 3.63) is 34.9 Å². The summed E-state index contributed by atoms with van der Waals surface area (Å²) in [7, 11) is 0.